The highest BCUT2D eigenvalue weighted by Gasteiger charge is 2.89. The Morgan fingerprint density at radius 3 is 1.42 bits per heavy atom. The first kappa shape index (κ1) is 31.2. The van der Waals surface area contributed by atoms with Crippen molar-refractivity contribution in [3.8, 4) is 0 Å². The summed E-state index contributed by atoms with van der Waals surface area (Å²) in [4.78, 5) is 0. The Hall–Kier alpha value is -1.84. The smallest absolute Gasteiger partial charge is 0.390 e. The summed E-state index contributed by atoms with van der Waals surface area (Å²) in [5, 5.41) is 14.1. The number of ether oxygens (including phenoxy) is 2. The van der Waals surface area contributed by atoms with Gasteiger partial charge in [0, 0.05) is 0 Å². The van der Waals surface area contributed by atoms with Crippen molar-refractivity contribution in [1.29, 1.82) is 5.41 Å². The minimum Gasteiger partial charge on any atom is -0.390 e. The summed E-state index contributed by atoms with van der Waals surface area (Å²) >= 11 is 0. The van der Waals surface area contributed by atoms with Crippen molar-refractivity contribution in [2.45, 2.75) is 54.3 Å². The molecule has 0 aliphatic carbocycles. The molecule has 0 aromatic rings. The van der Waals surface area contributed by atoms with Crippen LogP contribution in [0.3, 0.4) is 0 Å². The highest BCUT2D eigenvalue weighted by molar-refractivity contribution is 5.80. The number of rotatable bonds is 11. The minimum atomic E-state index is -8.36. The summed E-state index contributed by atoms with van der Waals surface area (Å²) in [6.07, 6.45) is -27.5. The number of amidine groups is 1. The van der Waals surface area contributed by atoms with E-state index in [0.29, 0.717) is 0 Å². The zero-order valence-corrected chi connectivity index (χ0v) is 14.6. The number of hydrogen-bond acceptors (Lipinski definition) is 4. The molecule has 0 aromatic carbocycles. The number of nitrogens with two attached hydrogens (primary N) is 1. The van der Waals surface area contributed by atoms with E-state index in [1.807, 2.05) is 0 Å². The van der Waals surface area contributed by atoms with Gasteiger partial charge in [0.2, 0.25) is 0 Å². The van der Waals surface area contributed by atoms with Crippen LogP contribution in [0.25, 0.3) is 0 Å². The molecule has 0 amide bonds. The second-order valence-corrected chi connectivity index (χ2v) is 5.70. The van der Waals surface area contributed by atoms with Gasteiger partial charge >= 0.3 is 47.9 Å². The van der Waals surface area contributed by atoms with Crippen molar-refractivity contribution in [2.75, 3.05) is 6.61 Å². The predicted molar refractivity (Wildman–Crippen MR) is 65.6 cm³/mol. The first-order valence-corrected chi connectivity index (χ1v) is 7.09. The first-order valence-electron chi connectivity index (χ1n) is 7.09. The molecule has 0 aromatic heterocycles. The molecule has 0 rings (SSSR count). The number of hydrogen-bond donors (Lipinski definition) is 3. The molecule has 0 saturated heterocycles. The summed E-state index contributed by atoms with van der Waals surface area (Å²) in [7, 11) is 0. The summed E-state index contributed by atoms with van der Waals surface area (Å²) in [5.74, 6) is -41.1. The van der Waals surface area contributed by atoms with Gasteiger partial charge in [0.25, 0.3) is 6.36 Å². The third-order valence-corrected chi connectivity index (χ3v) is 3.32. The number of aliphatic hydroxyl groups is 1. The molecule has 198 valence electrons. The number of alkyl halides is 17. The largest absolute Gasteiger partial charge is 0.458 e. The zero-order chi connectivity index (χ0) is 27.3. The standard InChI is InChI=1S/C11H7F17N2O3/c12-2(3(29)30)32-11(27,28)8(21,9(22,23)24)33-10(25,26)7(19,20)6(17,18)5(15,16)4(13,14)1-31/h2,31H,1H2,(H3,29,30). The van der Waals surface area contributed by atoms with E-state index in [4.69, 9.17) is 10.5 Å². The van der Waals surface area contributed by atoms with Gasteiger partial charge in [-0.25, -0.2) is 4.39 Å². The Balaban J connectivity index is 6.68. The van der Waals surface area contributed by atoms with E-state index >= 15 is 0 Å². The molecule has 0 saturated carbocycles. The van der Waals surface area contributed by atoms with Crippen molar-refractivity contribution in [1.82, 2.24) is 0 Å². The lowest BCUT2D eigenvalue weighted by Crippen LogP contribution is -2.71. The first-order chi connectivity index (χ1) is 14.1. The van der Waals surface area contributed by atoms with Gasteiger partial charge in [-0.2, -0.15) is 70.2 Å². The van der Waals surface area contributed by atoms with Crippen LogP contribution in [-0.4, -0.2) is 71.8 Å². The van der Waals surface area contributed by atoms with Gasteiger partial charge in [-0.1, -0.05) is 0 Å². The number of aliphatic hydroxyl groups excluding tert-OH is 1. The van der Waals surface area contributed by atoms with Gasteiger partial charge < -0.3 is 10.8 Å². The fourth-order valence-electron chi connectivity index (χ4n) is 1.50. The number of halogens is 17. The molecule has 0 spiro atoms. The molecule has 0 heterocycles. The minimum absolute atomic E-state index is 1.38. The van der Waals surface area contributed by atoms with E-state index in [9.17, 15) is 74.6 Å². The van der Waals surface area contributed by atoms with Crippen molar-refractivity contribution < 1.29 is 89.2 Å². The predicted octanol–water partition coefficient (Wildman–Crippen LogP) is 4.20. The summed E-state index contributed by atoms with van der Waals surface area (Å²) < 4.78 is 226. The van der Waals surface area contributed by atoms with Gasteiger partial charge in [-0.3, -0.25) is 14.9 Å². The van der Waals surface area contributed by atoms with Crippen molar-refractivity contribution in [3.63, 3.8) is 0 Å². The van der Waals surface area contributed by atoms with Gasteiger partial charge in [0.05, 0.1) is 0 Å². The van der Waals surface area contributed by atoms with E-state index in [-0.39, 0.29) is 0 Å². The Kier molecular flexibility index (Phi) is 7.96. The highest BCUT2D eigenvalue weighted by atomic mass is 19.4. The summed E-state index contributed by atoms with van der Waals surface area (Å²) in [6, 6.07) is 0. The molecular weight excluding hydrogens is 531 g/mol. The Morgan fingerprint density at radius 1 is 0.727 bits per heavy atom. The molecule has 0 radical (unpaired) electrons. The van der Waals surface area contributed by atoms with Gasteiger partial charge in [0.15, 0.2) is 5.84 Å². The van der Waals surface area contributed by atoms with Gasteiger partial charge in [-0.05, 0) is 0 Å². The summed E-state index contributed by atoms with van der Waals surface area (Å²) in [5.41, 5.74) is 4.11. The molecule has 2 atom stereocenters. The molecule has 2 unspecified atom stereocenters. The van der Waals surface area contributed by atoms with E-state index in [1.165, 1.54) is 4.74 Å². The summed E-state index contributed by atoms with van der Waals surface area (Å²) in [6.45, 7) is -3.44. The van der Waals surface area contributed by atoms with E-state index < -0.39 is 66.7 Å². The topological polar surface area (TPSA) is 88.6 Å². The van der Waals surface area contributed by atoms with E-state index in [2.05, 4.69) is 10.5 Å². The monoisotopic (exact) mass is 538 g/mol. The lowest BCUT2D eigenvalue weighted by molar-refractivity contribution is -0.538. The Morgan fingerprint density at radius 2 is 1.12 bits per heavy atom. The second kappa shape index (κ2) is 8.43. The quantitative estimate of drug-likeness (QED) is 0.209. The maximum Gasteiger partial charge on any atom is 0.458 e. The third-order valence-electron chi connectivity index (χ3n) is 3.32. The maximum atomic E-state index is 13.8. The average Bonchev–Trinajstić information content (AvgIpc) is 2.58. The molecule has 0 aliphatic rings. The van der Waals surface area contributed by atoms with Crippen molar-refractivity contribution in [3.05, 3.63) is 0 Å². The lowest BCUT2D eigenvalue weighted by Gasteiger charge is -2.41. The molecule has 22 heteroatoms. The van der Waals surface area contributed by atoms with Crippen LogP contribution in [-0.2, 0) is 9.47 Å². The lowest BCUT2D eigenvalue weighted by atomic mass is 9.98. The fraction of sp³-hybridized carbons (Fsp3) is 0.909. The van der Waals surface area contributed by atoms with Crippen LogP contribution in [0.5, 0.6) is 0 Å². The normalized spacial score (nSPS) is 18.1. The highest BCUT2D eigenvalue weighted by Crippen LogP contribution is 2.60. The molecule has 33 heavy (non-hydrogen) atoms. The molecular formula is C11H7F17N2O3. The Labute approximate surface area is 168 Å². The van der Waals surface area contributed by atoms with E-state index in [0.717, 1.165) is 0 Å². The zero-order valence-electron chi connectivity index (χ0n) is 14.6. The third kappa shape index (κ3) is 4.86. The molecule has 5 nitrogen and oxygen atoms in total. The number of nitrogens with one attached hydrogen (secondary N) is 1. The van der Waals surface area contributed by atoms with Crippen LogP contribution in [0, 0.1) is 5.41 Å². The fourth-order valence-corrected chi connectivity index (χ4v) is 1.50. The molecule has 0 aliphatic heterocycles. The van der Waals surface area contributed by atoms with Crippen molar-refractivity contribution >= 4 is 5.84 Å². The molecule has 0 fully saturated rings. The molecule has 4 N–H and O–H groups in total. The average molecular weight is 538 g/mol. The van der Waals surface area contributed by atoms with Crippen LogP contribution < -0.4 is 5.73 Å². The van der Waals surface area contributed by atoms with Crippen LogP contribution >= 0.6 is 0 Å². The molecule has 0 bridgehead atoms. The van der Waals surface area contributed by atoms with E-state index in [1.54, 1.807) is 0 Å². The van der Waals surface area contributed by atoms with Crippen LogP contribution in [0.15, 0.2) is 0 Å². The second-order valence-electron chi connectivity index (χ2n) is 5.70. The Bertz CT molecular complexity index is 723. The van der Waals surface area contributed by atoms with Crippen LogP contribution in [0.2, 0.25) is 0 Å². The van der Waals surface area contributed by atoms with Crippen LogP contribution in [0.1, 0.15) is 0 Å². The maximum absolute atomic E-state index is 13.8. The van der Waals surface area contributed by atoms with Gasteiger partial charge in [-0.15, -0.1) is 0 Å². The van der Waals surface area contributed by atoms with Gasteiger partial charge in [0.1, 0.15) is 6.61 Å². The SMILES string of the molecule is N=C(N)C(F)OC(F)(F)C(F)(OC(F)(F)C(F)(F)C(F)(F)C(F)(F)C(F)(F)CO)C(F)(F)F. The van der Waals surface area contributed by atoms with Crippen molar-refractivity contribution in [2.24, 2.45) is 5.73 Å². The van der Waals surface area contributed by atoms with Crippen LogP contribution in [0.4, 0.5) is 74.6 Å².